The smallest absolute Gasteiger partial charge is 0.293 e. The molecule has 1 heterocycles. The number of anilines is 1. The summed E-state index contributed by atoms with van der Waals surface area (Å²) in [5.74, 6) is 0. The average Bonchev–Trinajstić information content (AvgIpc) is 3.22. The lowest BCUT2D eigenvalue weighted by atomic mass is 9.80. The first-order chi connectivity index (χ1) is 13.3. The van der Waals surface area contributed by atoms with Crippen LogP contribution in [0, 0.1) is 10.1 Å². The molecule has 156 valence electrons. The number of sulfonamides is 1. The summed E-state index contributed by atoms with van der Waals surface area (Å²) in [7, 11) is 0.418. The Bertz CT molecular complexity index is 813. The number of hydrogen-bond donors (Lipinski definition) is 1. The first-order valence-corrected chi connectivity index (χ1v) is 11.4. The zero-order valence-electron chi connectivity index (χ0n) is 16.7. The molecule has 2 aliphatic rings. The van der Waals surface area contributed by atoms with Crippen LogP contribution >= 0.6 is 0 Å². The Kier molecular flexibility index (Phi) is 6.26. The van der Waals surface area contributed by atoms with Crippen LogP contribution in [0.2, 0.25) is 0 Å². The molecule has 1 aromatic carbocycles. The molecule has 0 spiro atoms. The second kappa shape index (κ2) is 8.34. The number of rotatable bonds is 7. The molecule has 0 bridgehead atoms. The molecule has 28 heavy (non-hydrogen) atoms. The molecule has 0 amide bonds. The van der Waals surface area contributed by atoms with Crippen LogP contribution in [-0.2, 0) is 10.0 Å². The molecule has 0 aromatic heterocycles. The number of nitrogens with zero attached hydrogens (tertiary/aromatic N) is 3. The van der Waals surface area contributed by atoms with E-state index in [9.17, 15) is 18.5 Å². The van der Waals surface area contributed by atoms with Gasteiger partial charge < -0.3 is 10.2 Å². The normalized spacial score (nSPS) is 20.4. The Morgan fingerprint density at radius 1 is 1.14 bits per heavy atom. The molecule has 0 radical (unpaired) electrons. The van der Waals surface area contributed by atoms with Crippen LogP contribution in [-0.4, -0.2) is 61.8 Å². The van der Waals surface area contributed by atoms with E-state index in [4.69, 9.17) is 0 Å². The van der Waals surface area contributed by atoms with Crippen LogP contribution in [0.25, 0.3) is 0 Å². The summed E-state index contributed by atoms with van der Waals surface area (Å²) >= 11 is 0. The highest BCUT2D eigenvalue weighted by atomic mass is 32.2. The minimum absolute atomic E-state index is 0.00774. The van der Waals surface area contributed by atoms with Crippen LogP contribution in [0.4, 0.5) is 11.4 Å². The second-order valence-electron chi connectivity index (χ2n) is 8.08. The summed E-state index contributed by atoms with van der Waals surface area (Å²) in [6, 6.07) is 4.21. The maximum atomic E-state index is 12.7. The molecule has 1 saturated heterocycles. The topological polar surface area (TPSA) is 95.8 Å². The lowest BCUT2D eigenvalue weighted by Gasteiger charge is -2.43. The highest BCUT2D eigenvalue weighted by molar-refractivity contribution is 7.89. The van der Waals surface area contributed by atoms with Crippen molar-refractivity contribution in [3.63, 3.8) is 0 Å². The van der Waals surface area contributed by atoms with Gasteiger partial charge in [0.05, 0.1) is 9.82 Å². The van der Waals surface area contributed by atoms with Crippen molar-refractivity contribution in [2.24, 2.45) is 0 Å². The van der Waals surface area contributed by atoms with Gasteiger partial charge in [0.25, 0.3) is 5.69 Å². The van der Waals surface area contributed by atoms with Crippen molar-refractivity contribution in [1.29, 1.82) is 0 Å². The molecule has 1 aliphatic heterocycles. The van der Waals surface area contributed by atoms with Crippen molar-refractivity contribution in [2.75, 3.05) is 39.0 Å². The number of nitrogens with one attached hydrogen (secondary N) is 1. The van der Waals surface area contributed by atoms with E-state index in [0.29, 0.717) is 25.3 Å². The zero-order valence-corrected chi connectivity index (χ0v) is 17.5. The van der Waals surface area contributed by atoms with Crippen LogP contribution in [0.5, 0.6) is 0 Å². The maximum absolute atomic E-state index is 12.7. The van der Waals surface area contributed by atoms with Crippen molar-refractivity contribution >= 4 is 21.4 Å². The molecule has 9 heteroatoms. The highest BCUT2D eigenvalue weighted by Crippen LogP contribution is 2.35. The van der Waals surface area contributed by atoms with Gasteiger partial charge in [-0.05, 0) is 51.9 Å². The SMILES string of the molecule is CN(C)C1(CNc2ccc(S(=O)(=O)N3CCCC3)cc2[N+](=O)[O-])CCCCC1. The predicted octanol–water partition coefficient (Wildman–Crippen LogP) is 3.06. The molecule has 0 atom stereocenters. The third-order valence-corrected chi connectivity index (χ3v) is 8.10. The highest BCUT2D eigenvalue weighted by Gasteiger charge is 2.35. The molecule has 3 rings (SSSR count). The van der Waals surface area contributed by atoms with E-state index in [1.54, 1.807) is 0 Å². The van der Waals surface area contributed by atoms with Gasteiger partial charge in [0.15, 0.2) is 0 Å². The molecule has 0 unspecified atom stereocenters. The Balaban J connectivity index is 1.84. The van der Waals surface area contributed by atoms with Crippen LogP contribution in [0.1, 0.15) is 44.9 Å². The van der Waals surface area contributed by atoms with Gasteiger partial charge in [-0.2, -0.15) is 4.31 Å². The lowest BCUT2D eigenvalue weighted by molar-refractivity contribution is -0.384. The molecular formula is C19H30N4O4S. The summed E-state index contributed by atoms with van der Waals surface area (Å²) < 4.78 is 26.9. The summed E-state index contributed by atoms with van der Waals surface area (Å²) in [4.78, 5) is 13.3. The summed E-state index contributed by atoms with van der Waals surface area (Å²) in [5, 5.41) is 14.9. The third-order valence-electron chi connectivity index (χ3n) is 6.21. The van der Waals surface area contributed by atoms with Gasteiger partial charge in [-0.1, -0.05) is 19.3 Å². The molecule has 8 nitrogen and oxygen atoms in total. The minimum atomic E-state index is -3.68. The largest absolute Gasteiger partial charge is 0.378 e. The van der Waals surface area contributed by atoms with Crippen LogP contribution < -0.4 is 5.32 Å². The molecular weight excluding hydrogens is 380 g/mol. The average molecular weight is 411 g/mol. The van der Waals surface area contributed by atoms with Crippen molar-refractivity contribution in [2.45, 2.75) is 55.4 Å². The number of likely N-dealkylation sites (N-methyl/N-ethyl adjacent to an activating group) is 1. The van der Waals surface area contributed by atoms with Crippen molar-refractivity contribution in [3.05, 3.63) is 28.3 Å². The van der Waals surface area contributed by atoms with Gasteiger partial charge in [-0.15, -0.1) is 0 Å². The molecule has 1 saturated carbocycles. The van der Waals surface area contributed by atoms with Crippen molar-refractivity contribution < 1.29 is 13.3 Å². The van der Waals surface area contributed by atoms with E-state index in [-0.39, 0.29) is 16.1 Å². The third kappa shape index (κ3) is 4.16. The van der Waals surface area contributed by atoms with Crippen molar-refractivity contribution in [1.82, 2.24) is 9.21 Å². The van der Waals surface area contributed by atoms with E-state index in [0.717, 1.165) is 38.5 Å². The second-order valence-corrected chi connectivity index (χ2v) is 10.0. The van der Waals surface area contributed by atoms with Crippen LogP contribution in [0.3, 0.4) is 0 Å². The van der Waals surface area contributed by atoms with E-state index in [2.05, 4.69) is 10.2 Å². The van der Waals surface area contributed by atoms with Gasteiger partial charge in [0, 0.05) is 31.2 Å². The Labute approximate surface area is 167 Å². The predicted molar refractivity (Wildman–Crippen MR) is 109 cm³/mol. The molecule has 1 aromatic rings. The molecule has 2 fully saturated rings. The Morgan fingerprint density at radius 2 is 1.79 bits per heavy atom. The Morgan fingerprint density at radius 3 is 2.36 bits per heavy atom. The minimum Gasteiger partial charge on any atom is -0.378 e. The monoisotopic (exact) mass is 410 g/mol. The summed E-state index contributed by atoms with van der Waals surface area (Å²) in [5.41, 5.74) is 0.147. The standard InChI is InChI=1S/C19H30N4O4S/c1-21(2)19(10-4-3-5-11-19)15-20-17-9-8-16(14-18(17)23(24)25)28(26,27)22-12-6-7-13-22/h8-9,14,20H,3-7,10-13,15H2,1-2H3. The lowest BCUT2D eigenvalue weighted by Crippen LogP contribution is -2.51. The van der Waals surface area contributed by atoms with Gasteiger partial charge in [0.1, 0.15) is 5.69 Å². The zero-order chi connectivity index (χ0) is 20.4. The van der Waals surface area contributed by atoms with Gasteiger partial charge >= 0.3 is 0 Å². The summed E-state index contributed by atoms with van der Waals surface area (Å²) in [6.07, 6.45) is 7.26. The Hall–Kier alpha value is -1.71. The fourth-order valence-corrected chi connectivity index (χ4v) is 5.84. The van der Waals surface area contributed by atoms with Gasteiger partial charge in [-0.3, -0.25) is 10.1 Å². The fraction of sp³-hybridized carbons (Fsp3) is 0.684. The van der Waals surface area contributed by atoms with E-state index in [1.807, 2.05) is 14.1 Å². The quantitative estimate of drug-likeness (QED) is 0.548. The van der Waals surface area contributed by atoms with E-state index >= 15 is 0 Å². The van der Waals surface area contributed by atoms with Crippen molar-refractivity contribution in [3.8, 4) is 0 Å². The number of hydrogen-bond acceptors (Lipinski definition) is 6. The first kappa shape index (κ1) is 21.0. The van der Waals surface area contributed by atoms with Gasteiger partial charge in [-0.25, -0.2) is 8.42 Å². The van der Waals surface area contributed by atoms with Crippen LogP contribution in [0.15, 0.2) is 23.1 Å². The number of nitro benzene ring substituents is 1. The number of nitro groups is 1. The fourth-order valence-electron chi connectivity index (χ4n) is 4.30. The first-order valence-electron chi connectivity index (χ1n) is 9.96. The molecule has 1 N–H and O–H groups in total. The molecule has 1 aliphatic carbocycles. The van der Waals surface area contributed by atoms with E-state index < -0.39 is 14.9 Å². The van der Waals surface area contributed by atoms with Gasteiger partial charge in [0.2, 0.25) is 10.0 Å². The maximum Gasteiger partial charge on any atom is 0.293 e. The number of benzene rings is 1. The van der Waals surface area contributed by atoms with E-state index in [1.165, 1.54) is 28.9 Å². The summed E-state index contributed by atoms with van der Waals surface area (Å²) in [6.45, 7) is 1.54.